The van der Waals surface area contributed by atoms with Gasteiger partial charge in [0.05, 0.1) is 19.4 Å². The Hall–Kier alpha value is -1.71. The van der Waals surface area contributed by atoms with Crippen molar-refractivity contribution in [2.24, 2.45) is 0 Å². The Morgan fingerprint density at radius 1 is 1.40 bits per heavy atom. The Kier molecular flexibility index (Phi) is 4.47. The van der Waals surface area contributed by atoms with Crippen LogP contribution in [-0.2, 0) is 9.53 Å². The summed E-state index contributed by atoms with van der Waals surface area (Å²) in [6.07, 6.45) is 0. The van der Waals surface area contributed by atoms with E-state index in [4.69, 9.17) is 9.47 Å². The van der Waals surface area contributed by atoms with Crippen molar-refractivity contribution in [3.63, 3.8) is 0 Å². The van der Waals surface area contributed by atoms with Crippen molar-refractivity contribution in [1.82, 2.24) is 0 Å². The average Bonchev–Trinajstić information content (AvgIpc) is 2.27. The molecule has 0 fully saturated rings. The smallest absolute Gasteiger partial charge is 0.325 e. The second-order valence-electron chi connectivity index (χ2n) is 2.86. The maximum absolute atomic E-state index is 11.1. The van der Waals surface area contributed by atoms with Gasteiger partial charge in [0.2, 0.25) is 0 Å². The molecule has 15 heavy (non-hydrogen) atoms. The van der Waals surface area contributed by atoms with Crippen LogP contribution in [0.4, 0.5) is 5.69 Å². The third-order valence-electron chi connectivity index (χ3n) is 1.84. The molecule has 1 N–H and O–H groups in total. The van der Waals surface area contributed by atoms with Crippen molar-refractivity contribution in [2.75, 3.05) is 25.6 Å². The van der Waals surface area contributed by atoms with Crippen LogP contribution < -0.4 is 10.1 Å². The highest BCUT2D eigenvalue weighted by atomic mass is 16.5. The Bertz CT molecular complexity index is 325. The number of nitrogens with one attached hydrogen (secondary N) is 1. The number of ether oxygens (including phenoxy) is 2. The predicted molar refractivity (Wildman–Crippen MR) is 58.1 cm³/mol. The fourth-order valence-corrected chi connectivity index (χ4v) is 1.17. The zero-order chi connectivity index (χ0) is 11.1. The first-order valence-corrected chi connectivity index (χ1v) is 4.80. The van der Waals surface area contributed by atoms with Crippen LogP contribution in [0.5, 0.6) is 5.75 Å². The van der Waals surface area contributed by atoms with E-state index < -0.39 is 0 Å². The summed E-state index contributed by atoms with van der Waals surface area (Å²) in [5, 5.41) is 2.95. The molecule has 4 heteroatoms. The van der Waals surface area contributed by atoms with Crippen molar-refractivity contribution in [2.45, 2.75) is 6.92 Å². The molecule has 0 aliphatic rings. The molecule has 0 aliphatic carbocycles. The van der Waals surface area contributed by atoms with Crippen molar-refractivity contribution >= 4 is 11.7 Å². The normalized spacial score (nSPS) is 9.47. The minimum absolute atomic E-state index is 0.147. The van der Waals surface area contributed by atoms with Crippen LogP contribution in [-0.4, -0.2) is 26.2 Å². The van der Waals surface area contributed by atoms with E-state index in [0.717, 1.165) is 5.69 Å². The number of carbonyl (C=O) groups excluding carboxylic acids is 1. The van der Waals surface area contributed by atoms with Crippen molar-refractivity contribution in [1.29, 1.82) is 0 Å². The van der Waals surface area contributed by atoms with Gasteiger partial charge in [-0.2, -0.15) is 0 Å². The second kappa shape index (κ2) is 5.90. The van der Waals surface area contributed by atoms with E-state index in [-0.39, 0.29) is 12.5 Å². The van der Waals surface area contributed by atoms with Crippen LogP contribution in [0.25, 0.3) is 0 Å². The van der Waals surface area contributed by atoms with Gasteiger partial charge in [-0.1, -0.05) is 12.1 Å². The molecule has 1 aromatic rings. The summed E-state index contributed by atoms with van der Waals surface area (Å²) < 4.78 is 9.92. The first-order chi connectivity index (χ1) is 7.27. The number of anilines is 1. The van der Waals surface area contributed by atoms with E-state index in [1.165, 1.54) is 0 Å². The molecule has 0 radical (unpaired) electrons. The van der Waals surface area contributed by atoms with Crippen molar-refractivity contribution in [3.05, 3.63) is 24.3 Å². The van der Waals surface area contributed by atoms with Crippen molar-refractivity contribution < 1.29 is 14.3 Å². The highest BCUT2D eigenvalue weighted by Gasteiger charge is 2.04. The van der Waals surface area contributed by atoms with Gasteiger partial charge < -0.3 is 14.8 Å². The second-order valence-corrected chi connectivity index (χ2v) is 2.86. The van der Waals surface area contributed by atoms with Gasteiger partial charge in [0, 0.05) is 0 Å². The van der Waals surface area contributed by atoms with Crippen LogP contribution in [0.1, 0.15) is 6.92 Å². The van der Waals surface area contributed by atoms with Crippen LogP contribution in [0.3, 0.4) is 0 Å². The molecule has 82 valence electrons. The van der Waals surface area contributed by atoms with Gasteiger partial charge in [0.1, 0.15) is 12.3 Å². The molecule has 0 saturated heterocycles. The third kappa shape index (κ3) is 3.50. The molecular weight excluding hydrogens is 194 g/mol. The lowest BCUT2D eigenvalue weighted by molar-refractivity contribution is -0.140. The summed E-state index contributed by atoms with van der Waals surface area (Å²) in [6.45, 7) is 2.32. The minimum Gasteiger partial charge on any atom is -0.495 e. The number of para-hydroxylation sites is 2. The molecular formula is C11H15NO3. The molecule has 0 heterocycles. The van der Waals surface area contributed by atoms with Gasteiger partial charge in [0.15, 0.2) is 0 Å². The Balaban J connectivity index is 2.53. The number of hydrogen-bond donors (Lipinski definition) is 1. The topological polar surface area (TPSA) is 47.6 Å². The highest BCUT2D eigenvalue weighted by Crippen LogP contribution is 2.22. The molecule has 0 saturated carbocycles. The van der Waals surface area contributed by atoms with E-state index in [1.54, 1.807) is 14.0 Å². The molecule has 0 bridgehead atoms. The van der Waals surface area contributed by atoms with Crippen LogP contribution in [0.15, 0.2) is 24.3 Å². The van der Waals surface area contributed by atoms with Gasteiger partial charge in [-0.05, 0) is 19.1 Å². The maximum Gasteiger partial charge on any atom is 0.325 e. The van der Waals surface area contributed by atoms with Crippen LogP contribution in [0, 0.1) is 0 Å². The number of hydrogen-bond acceptors (Lipinski definition) is 4. The van der Waals surface area contributed by atoms with E-state index in [2.05, 4.69) is 5.32 Å². The zero-order valence-electron chi connectivity index (χ0n) is 8.95. The largest absolute Gasteiger partial charge is 0.495 e. The molecule has 0 amide bonds. The molecule has 1 aromatic carbocycles. The van der Waals surface area contributed by atoms with Gasteiger partial charge >= 0.3 is 5.97 Å². The first kappa shape index (κ1) is 11.4. The summed E-state index contributed by atoms with van der Waals surface area (Å²) in [5.74, 6) is 0.435. The van der Waals surface area contributed by atoms with E-state index >= 15 is 0 Å². The monoisotopic (exact) mass is 209 g/mol. The molecule has 0 spiro atoms. The van der Waals surface area contributed by atoms with Gasteiger partial charge in [-0.25, -0.2) is 0 Å². The number of methoxy groups -OCH3 is 1. The first-order valence-electron chi connectivity index (χ1n) is 4.80. The fraction of sp³-hybridized carbons (Fsp3) is 0.364. The fourth-order valence-electron chi connectivity index (χ4n) is 1.17. The van der Waals surface area contributed by atoms with Gasteiger partial charge in [0.25, 0.3) is 0 Å². The zero-order valence-corrected chi connectivity index (χ0v) is 8.95. The van der Waals surface area contributed by atoms with Crippen LogP contribution >= 0.6 is 0 Å². The van der Waals surface area contributed by atoms with Gasteiger partial charge in [-0.3, -0.25) is 4.79 Å². The Labute approximate surface area is 89.2 Å². The van der Waals surface area contributed by atoms with Crippen LogP contribution in [0.2, 0.25) is 0 Å². The van der Waals surface area contributed by atoms with E-state index in [9.17, 15) is 4.79 Å². The molecule has 0 unspecified atom stereocenters. The lowest BCUT2D eigenvalue weighted by Crippen LogP contribution is -2.16. The number of carbonyl (C=O) groups is 1. The third-order valence-corrected chi connectivity index (χ3v) is 1.84. The number of rotatable bonds is 5. The molecule has 4 nitrogen and oxygen atoms in total. The number of esters is 1. The lowest BCUT2D eigenvalue weighted by Gasteiger charge is -2.09. The minimum atomic E-state index is -0.275. The molecule has 0 aliphatic heterocycles. The summed E-state index contributed by atoms with van der Waals surface area (Å²) >= 11 is 0. The Morgan fingerprint density at radius 2 is 2.13 bits per heavy atom. The van der Waals surface area contributed by atoms with E-state index in [0.29, 0.717) is 12.4 Å². The summed E-state index contributed by atoms with van der Waals surface area (Å²) in [5.41, 5.74) is 0.785. The molecule has 1 rings (SSSR count). The van der Waals surface area contributed by atoms with E-state index in [1.807, 2.05) is 24.3 Å². The predicted octanol–water partition coefficient (Wildman–Crippen LogP) is 1.67. The SMILES string of the molecule is CCOC(=O)CNc1ccccc1OC. The quantitative estimate of drug-likeness (QED) is 0.749. The molecule has 0 atom stereocenters. The summed E-state index contributed by atoms with van der Waals surface area (Å²) in [6, 6.07) is 7.41. The summed E-state index contributed by atoms with van der Waals surface area (Å²) in [4.78, 5) is 11.1. The lowest BCUT2D eigenvalue weighted by atomic mass is 10.3. The maximum atomic E-state index is 11.1. The van der Waals surface area contributed by atoms with Gasteiger partial charge in [-0.15, -0.1) is 0 Å². The average molecular weight is 209 g/mol. The standard InChI is InChI=1S/C11H15NO3/c1-3-15-11(13)8-12-9-6-4-5-7-10(9)14-2/h4-7,12H,3,8H2,1-2H3. The number of benzene rings is 1. The summed E-state index contributed by atoms with van der Waals surface area (Å²) in [7, 11) is 1.59. The Morgan fingerprint density at radius 3 is 2.80 bits per heavy atom. The highest BCUT2D eigenvalue weighted by molar-refractivity contribution is 5.75. The molecule has 0 aromatic heterocycles. The van der Waals surface area contributed by atoms with Crippen molar-refractivity contribution in [3.8, 4) is 5.75 Å².